The number of anilines is 1. The van der Waals surface area contributed by atoms with Crippen LogP contribution in [0.5, 0.6) is 0 Å². The molecule has 1 aliphatic heterocycles. The van der Waals surface area contributed by atoms with E-state index in [0.717, 1.165) is 18.4 Å². The summed E-state index contributed by atoms with van der Waals surface area (Å²) in [6, 6.07) is 17.2. The number of benzene rings is 3. The van der Waals surface area contributed by atoms with Crippen LogP contribution in [0.25, 0.3) is 33.5 Å². The fourth-order valence-electron chi connectivity index (χ4n) is 5.53. The Morgan fingerprint density at radius 1 is 1.03 bits per heavy atom. The van der Waals surface area contributed by atoms with Crippen LogP contribution in [0, 0.1) is 0 Å². The fraction of sp³-hybridized carbons (Fsp3) is 0.290. The van der Waals surface area contributed by atoms with Crippen molar-refractivity contribution >= 4 is 11.8 Å². The second-order valence-corrected chi connectivity index (χ2v) is 11.2. The third kappa shape index (κ3) is 4.43. The third-order valence-electron chi connectivity index (χ3n) is 7.33. The van der Waals surface area contributed by atoms with Crippen molar-refractivity contribution < 1.29 is 18.3 Å². The number of rotatable bonds is 3. The number of imidazole rings is 1. The highest BCUT2D eigenvalue weighted by atomic mass is 19.3. The summed E-state index contributed by atoms with van der Waals surface area (Å²) in [5.41, 5.74) is 9.61. The molecule has 1 fully saturated rings. The molecule has 4 aromatic rings. The van der Waals surface area contributed by atoms with Crippen LogP contribution in [-0.2, 0) is 10.7 Å². The molecule has 0 unspecified atom stereocenters. The van der Waals surface area contributed by atoms with Crippen LogP contribution in [0.1, 0.15) is 56.6 Å². The van der Waals surface area contributed by atoms with Crippen LogP contribution in [0.3, 0.4) is 0 Å². The van der Waals surface area contributed by atoms with Gasteiger partial charge in [-0.1, -0.05) is 36.4 Å². The lowest BCUT2D eigenvalue weighted by Gasteiger charge is -2.27. The van der Waals surface area contributed by atoms with Gasteiger partial charge in [-0.2, -0.15) is 8.78 Å². The fourth-order valence-corrected chi connectivity index (χ4v) is 5.53. The number of nitrogens with two attached hydrogens (primary N) is 1. The molecule has 0 spiro atoms. The summed E-state index contributed by atoms with van der Waals surface area (Å²) >= 11 is 0. The average Bonchev–Trinajstić information content (AvgIpc) is 3.61. The monoisotopic (exact) mass is 528 g/mol. The maximum absolute atomic E-state index is 15.8. The standard InChI is InChI=1S/C31H30F2N4O2/c1-30(2,3)39-29(38)37-13-5-8-27(37)28-35-17-26(36-28)20-10-12-23-22-11-9-19(18-6-4-7-21(34)14-18)15-24(22)31(32,33)25(23)16-20/h4,6-7,9-12,14-17,27H,5,8,13,34H2,1-3H3,(H,35,36)/t27-/m0/s1. The summed E-state index contributed by atoms with van der Waals surface area (Å²) in [5.74, 6) is -2.53. The molecule has 1 amide bonds. The zero-order valence-corrected chi connectivity index (χ0v) is 22.1. The van der Waals surface area contributed by atoms with Crippen molar-refractivity contribution in [2.24, 2.45) is 0 Å². The van der Waals surface area contributed by atoms with Gasteiger partial charge < -0.3 is 15.5 Å². The van der Waals surface area contributed by atoms with Crippen LogP contribution in [-0.4, -0.2) is 33.1 Å². The summed E-state index contributed by atoms with van der Waals surface area (Å²) in [4.78, 5) is 22.2. The number of hydrogen-bond acceptors (Lipinski definition) is 4. The number of nitrogen functional groups attached to an aromatic ring is 1. The first-order valence-electron chi connectivity index (χ1n) is 13.1. The van der Waals surface area contributed by atoms with Gasteiger partial charge in [-0.15, -0.1) is 0 Å². The second-order valence-electron chi connectivity index (χ2n) is 11.2. The quantitative estimate of drug-likeness (QED) is 0.269. The Morgan fingerprint density at radius 3 is 2.38 bits per heavy atom. The minimum Gasteiger partial charge on any atom is -0.444 e. The van der Waals surface area contributed by atoms with E-state index in [1.165, 1.54) is 6.07 Å². The molecule has 1 saturated heterocycles. The number of aromatic nitrogens is 2. The van der Waals surface area contributed by atoms with E-state index in [9.17, 15) is 4.79 Å². The number of nitrogens with one attached hydrogen (secondary N) is 1. The highest BCUT2D eigenvalue weighted by Crippen LogP contribution is 2.52. The van der Waals surface area contributed by atoms with Crippen molar-refractivity contribution in [3.05, 3.63) is 83.8 Å². The van der Waals surface area contributed by atoms with E-state index in [1.54, 1.807) is 41.4 Å². The van der Waals surface area contributed by atoms with E-state index in [0.29, 0.717) is 46.0 Å². The second kappa shape index (κ2) is 8.93. The van der Waals surface area contributed by atoms with Crippen LogP contribution in [0.2, 0.25) is 0 Å². The molecular formula is C31H30F2N4O2. The lowest BCUT2D eigenvalue weighted by Crippen LogP contribution is -2.36. The number of amides is 1. The number of aromatic amines is 1. The van der Waals surface area contributed by atoms with E-state index in [2.05, 4.69) is 9.97 Å². The van der Waals surface area contributed by atoms with Crippen molar-refractivity contribution in [2.75, 3.05) is 12.3 Å². The molecule has 6 nitrogen and oxygen atoms in total. The maximum Gasteiger partial charge on any atom is 0.410 e. The molecule has 6 rings (SSSR count). The summed E-state index contributed by atoms with van der Waals surface area (Å²) in [7, 11) is 0. The predicted octanol–water partition coefficient (Wildman–Crippen LogP) is 7.52. The van der Waals surface area contributed by atoms with Gasteiger partial charge in [0.15, 0.2) is 0 Å². The van der Waals surface area contributed by atoms with Crippen LogP contribution < -0.4 is 5.73 Å². The molecule has 39 heavy (non-hydrogen) atoms. The van der Waals surface area contributed by atoms with E-state index in [-0.39, 0.29) is 23.3 Å². The first-order valence-corrected chi connectivity index (χ1v) is 13.1. The van der Waals surface area contributed by atoms with Gasteiger partial charge in [-0.05, 0) is 80.1 Å². The van der Waals surface area contributed by atoms with Gasteiger partial charge in [0.2, 0.25) is 0 Å². The average molecular weight is 529 g/mol. The molecule has 2 aliphatic rings. The number of alkyl halides is 2. The molecule has 1 aliphatic carbocycles. The number of nitrogens with zero attached hydrogens (tertiary/aromatic N) is 2. The Morgan fingerprint density at radius 2 is 1.69 bits per heavy atom. The number of carbonyl (C=O) groups is 1. The number of ether oxygens (including phenoxy) is 1. The first kappa shape index (κ1) is 25.1. The Labute approximate surface area is 225 Å². The van der Waals surface area contributed by atoms with Crippen molar-refractivity contribution in [1.82, 2.24) is 14.9 Å². The molecule has 3 aromatic carbocycles. The normalized spacial score (nSPS) is 17.7. The summed E-state index contributed by atoms with van der Waals surface area (Å²) in [6.07, 6.45) is 2.84. The van der Waals surface area contributed by atoms with Crippen LogP contribution in [0.15, 0.2) is 66.9 Å². The lowest BCUT2D eigenvalue weighted by atomic mass is 9.98. The molecular weight excluding hydrogens is 498 g/mol. The number of carbonyl (C=O) groups excluding carboxylic acids is 1. The van der Waals surface area contributed by atoms with E-state index in [1.807, 2.05) is 45.0 Å². The van der Waals surface area contributed by atoms with Crippen LogP contribution in [0.4, 0.5) is 19.3 Å². The Balaban J connectivity index is 1.30. The molecule has 8 heteroatoms. The third-order valence-corrected chi connectivity index (χ3v) is 7.33. The van der Waals surface area contributed by atoms with Gasteiger partial charge in [-0.25, -0.2) is 9.78 Å². The Kier molecular flexibility index (Phi) is 5.75. The highest BCUT2D eigenvalue weighted by Gasteiger charge is 2.45. The van der Waals surface area contributed by atoms with Crippen LogP contribution >= 0.6 is 0 Å². The lowest BCUT2D eigenvalue weighted by molar-refractivity contribution is 0.0218. The van der Waals surface area contributed by atoms with E-state index < -0.39 is 11.5 Å². The van der Waals surface area contributed by atoms with Gasteiger partial charge in [-0.3, -0.25) is 4.90 Å². The first-order chi connectivity index (χ1) is 18.5. The Hall–Kier alpha value is -4.20. The number of fused-ring (bicyclic) bond motifs is 3. The largest absolute Gasteiger partial charge is 0.444 e. The maximum atomic E-state index is 15.8. The SMILES string of the molecule is CC(C)(C)OC(=O)N1CCC[C@H]1c1ncc(-c2ccc3c(c2)C(F)(F)c2cc(-c4cccc(N)c4)ccc2-3)[nH]1. The Bertz CT molecular complexity index is 1590. The van der Waals surface area contributed by atoms with Gasteiger partial charge in [0.1, 0.15) is 11.4 Å². The van der Waals surface area contributed by atoms with E-state index >= 15 is 8.78 Å². The van der Waals surface area contributed by atoms with Gasteiger partial charge >= 0.3 is 6.09 Å². The van der Waals surface area contributed by atoms with E-state index in [4.69, 9.17) is 10.5 Å². The zero-order valence-electron chi connectivity index (χ0n) is 22.1. The molecule has 0 bridgehead atoms. The van der Waals surface area contributed by atoms with Crippen molar-refractivity contribution in [3.8, 4) is 33.5 Å². The number of hydrogen-bond donors (Lipinski definition) is 2. The van der Waals surface area contributed by atoms with Gasteiger partial charge in [0.25, 0.3) is 5.92 Å². The molecule has 1 aromatic heterocycles. The highest BCUT2D eigenvalue weighted by molar-refractivity contribution is 5.84. The minimum absolute atomic E-state index is 0.0150. The van der Waals surface area contributed by atoms with Crippen molar-refractivity contribution in [1.29, 1.82) is 0 Å². The molecule has 1 atom stereocenters. The van der Waals surface area contributed by atoms with Gasteiger partial charge in [0.05, 0.1) is 17.9 Å². The minimum atomic E-state index is -3.15. The molecule has 0 radical (unpaired) electrons. The zero-order chi connectivity index (χ0) is 27.5. The summed E-state index contributed by atoms with van der Waals surface area (Å²) in [6.45, 7) is 6.08. The van der Waals surface area contributed by atoms with Crippen molar-refractivity contribution in [2.45, 2.75) is 51.2 Å². The van der Waals surface area contributed by atoms with Crippen molar-refractivity contribution in [3.63, 3.8) is 0 Å². The topological polar surface area (TPSA) is 84.2 Å². The smallest absolute Gasteiger partial charge is 0.410 e. The van der Waals surface area contributed by atoms with Gasteiger partial charge in [0, 0.05) is 28.9 Å². The number of likely N-dealkylation sites (tertiary alicyclic amines) is 1. The molecule has 2 heterocycles. The molecule has 200 valence electrons. The predicted molar refractivity (Wildman–Crippen MR) is 147 cm³/mol. The molecule has 0 saturated carbocycles. The molecule has 3 N–H and O–H groups in total. The number of halogens is 2. The summed E-state index contributed by atoms with van der Waals surface area (Å²) in [5, 5.41) is 0. The number of H-pyrrole nitrogens is 1. The summed E-state index contributed by atoms with van der Waals surface area (Å²) < 4.78 is 37.2.